The van der Waals surface area contributed by atoms with Gasteiger partial charge in [-0.15, -0.1) is 6.42 Å². The first kappa shape index (κ1) is 69.8. The molecule has 4 heterocycles. The van der Waals surface area contributed by atoms with Crippen LogP contribution in [0.5, 0.6) is 5.75 Å². The number of amides is 1. The number of halogens is 1. The van der Waals surface area contributed by atoms with Crippen LogP contribution in [0.3, 0.4) is 0 Å². The lowest BCUT2D eigenvalue weighted by Gasteiger charge is -2.32. The van der Waals surface area contributed by atoms with Crippen molar-refractivity contribution in [3.05, 3.63) is 290 Å². The molecular weight excluding hydrogens is 1190 g/mol. The van der Waals surface area contributed by atoms with E-state index < -0.39 is 5.97 Å². The zero-order valence-electron chi connectivity index (χ0n) is 55.8. The molecule has 0 radical (unpaired) electrons. The van der Waals surface area contributed by atoms with Gasteiger partial charge in [0.15, 0.2) is 0 Å². The number of aromatic carboxylic acids is 1. The van der Waals surface area contributed by atoms with E-state index in [0.717, 1.165) is 97.1 Å². The lowest BCUT2D eigenvalue weighted by molar-refractivity contribution is 0.00578. The summed E-state index contributed by atoms with van der Waals surface area (Å²) in [5.74, 6) is 4.55. The number of para-hydroxylation sites is 1. The van der Waals surface area contributed by atoms with Crippen LogP contribution in [-0.2, 0) is 28.9 Å². The van der Waals surface area contributed by atoms with Crippen LogP contribution in [0.2, 0.25) is 5.02 Å². The number of aromatic nitrogens is 6. The Hall–Kier alpha value is -10.0. The van der Waals surface area contributed by atoms with Gasteiger partial charge < -0.3 is 38.5 Å². The van der Waals surface area contributed by atoms with Crippen LogP contribution in [0.15, 0.2) is 213 Å². The van der Waals surface area contributed by atoms with Crippen molar-refractivity contribution in [2.24, 2.45) is 0 Å². The van der Waals surface area contributed by atoms with E-state index in [1.807, 2.05) is 94.0 Å². The monoisotopic (exact) mass is 1270 g/mol. The van der Waals surface area contributed by atoms with Crippen LogP contribution in [0.1, 0.15) is 110 Å². The normalized spacial score (nSPS) is 12.5. The van der Waals surface area contributed by atoms with E-state index in [9.17, 15) is 14.7 Å². The third-order valence-electron chi connectivity index (χ3n) is 16.6. The molecule has 0 unspecified atom stereocenters. The van der Waals surface area contributed by atoms with Crippen molar-refractivity contribution in [1.82, 2.24) is 34.0 Å². The number of terminal acetylenes is 1. The Bertz CT molecular complexity index is 4210. The van der Waals surface area contributed by atoms with Gasteiger partial charge in [-0.05, 0) is 136 Å². The van der Waals surface area contributed by atoms with Gasteiger partial charge in [0.05, 0.1) is 36.4 Å². The van der Waals surface area contributed by atoms with Gasteiger partial charge in [0.2, 0.25) is 0 Å². The number of carboxylic acid groups (broad SMARTS) is 1. The number of aromatic hydroxyl groups is 1. The number of carbonyl (C=O) groups is 2. The zero-order valence-corrected chi connectivity index (χ0v) is 56.5. The molecule has 11 aromatic rings. The van der Waals surface area contributed by atoms with Crippen LogP contribution in [0, 0.1) is 67.7 Å². The Morgan fingerprint density at radius 1 is 0.489 bits per heavy atom. The molecule has 0 bridgehead atoms. The predicted octanol–water partition coefficient (Wildman–Crippen LogP) is 16.4. The van der Waals surface area contributed by atoms with Gasteiger partial charge in [-0.1, -0.05) is 203 Å². The minimum absolute atomic E-state index is 0.127. The quantitative estimate of drug-likeness (QED) is 0.0755. The van der Waals surface area contributed by atoms with E-state index in [4.69, 9.17) is 32.4 Å². The molecule has 1 aliphatic rings. The predicted molar refractivity (Wildman–Crippen MR) is 381 cm³/mol. The third-order valence-corrected chi connectivity index (χ3v) is 16.9. The largest absolute Gasteiger partial charge is 0.508 e. The molecule has 15 heteroatoms. The number of hydrogen-bond donors (Lipinski definition) is 3. The SMILES string of the molecule is C#CCNC(=O)c1ccc(C)cc1.Cc1ccc(-c2ncc(C)n2Cc2ccccc2B2OC(C)(C)C(C)(C)O2)cc1.Cc1ccc(-c2ncc(C)n2Cc2ccccc2Cl)cc1.Cc1ccc(-c2ncc(C)n2Cc2ccccc2O)cc1.Cc1ccc(C(=O)O)cc1. The summed E-state index contributed by atoms with van der Waals surface area (Å²) >= 11 is 6.28. The molecule has 0 atom stereocenters. The number of phenolic OH excluding ortho intramolecular Hbond substituents is 1. The number of imidazole rings is 3. The van der Waals surface area contributed by atoms with Gasteiger partial charge in [-0.3, -0.25) is 4.79 Å². The van der Waals surface area contributed by atoms with E-state index >= 15 is 0 Å². The van der Waals surface area contributed by atoms with Crippen molar-refractivity contribution >= 4 is 36.1 Å². The molecule has 480 valence electrons. The molecule has 0 aliphatic carbocycles. The first-order chi connectivity index (χ1) is 44.9. The van der Waals surface area contributed by atoms with Crippen molar-refractivity contribution in [3.8, 4) is 52.3 Å². The van der Waals surface area contributed by atoms with Crippen molar-refractivity contribution in [3.63, 3.8) is 0 Å². The van der Waals surface area contributed by atoms with Crippen LogP contribution < -0.4 is 10.8 Å². The molecule has 3 N–H and O–H groups in total. The molecule has 1 saturated heterocycles. The fourth-order valence-electron chi connectivity index (χ4n) is 10.1. The fraction of sp³-hybridized carbons (Fsp3) is 0.228. The molecule has 0 saturated carbocycles. The summed E-state index contributed by atoms with van der Waals surface area (Å²) in [4.78, 5) is 35.4. The molecule has 94 heavy (non-hydrogen) atoms. The Kier molecular flexibility index (Phi) is 23.8. The van der Waals surface area contributed by atoms with E-state index in [-0.39, 0.29) is 30.8 Å². The molecular formula is C79H83BClN7O6. The van der Waals surface area contributed by atoms with E-state index in [1.54, 1.807) is 42.5 Å². The fourth-order valence-corrected chi connectivity index (χ4v) is 10.3. The maximum absolute atomic E-state index is 11.3. The molecule has 0 spiro atoms. The minimum Gasteiger partial charge on any atom is -0.508 e. The number of nitrogens with zero attached hydrogens (tertiary/aromatic N) is 6. The van der Waals surface area contributed by atoms with Crippen LogP contribution in [0.4, 0.5) is 0 Å². The summed E-state index contributed by atoms with van der Waals surface area (Å²) < 4.78 is 19.2. The zero-order chi connectivity index (χ0) is 67.7. The summed E-state index contributed by atoms with van der Waals surface area (Å²) in [6.45, 7) is 27.0. The third kappa shape index (κ3) is 18.4. The highest BCUT2D eigenvalue weighted by molar-refractivity contribution is 6.62. The van der Waals surface area contributed by atoms with Crippen molar-refractivity contribution in [1.29, 1.82) is 0 Å². The topological polar surface area (TPSA) is 159 Å². The second-order valence-electron chi connectivity index (χ2n) is 24.5. The number of hydrogen-bond acceptors (Lipinski definition) is 8. The van der Waals surface area contributed by atoms with Crippen LogP contribution >= 0.6 is 11.6 Å². The summed E-state index contributed by atoms with van der Waals surface area (Å²) in [5.41, 5.74) is 17.1. The van der Waals surface area contributed by atoms with Gasteiger partial charge in [-0.2, -0.15) is 0 Å². The summed E-state index contributed by atoms with van der Waals surface area (Å²) in [5, 5.41) is 21.8. The number of carbonyl (C=O) groups excluding carboxylic acids is 1. The highest BCUT2D eigenvalue weighted by Gasteiger charge is 2.52. The van der Waals surface area contributed by atoms with Gasteiger partial charge in [-0.25, -0.2) is 19.7 Å². The smallest absolute Gasteiger partial charge is 0.495 e. The first-order valence-electron chi connectivity index (χ1n) is 31.2. The van der Waals surface area contributed by atoms with Gasteiger partial charge >= 0.3 is 13.1 Å². The highest BCUT2D eigenvalue weighted by atomic mass is 35.5. The van der Waals surface area contributed by atoms with Gasteiger partial charge in [0, 0.05) is 75.1 Å². The maximum Gasteiger partial charge on any atom is 0.495 e. The second-order valence-corrected chi connectivity index (χ2v) is 24.9. The number of carboxylic acids is 1. The van der Waals surface area contributed by atoms with E-state index in [1.165, 1.54) is 22.3 Å². The lowest BCUT2D eigenvalue weighted by atomic mass is 9.76. The molecule has 1 amide bonds. The molecule has 12 rings (SSSR count). The minimum atomic E-state index is -0.875. The summed E-state index contributed by atoms with van der Waals surface area (Å²) in [6.07, 6.45) is 10.7. The summed E-state index contributed by atoms with van der Waals surface area (Å²) in [6, 6.07) is 63.1. The van der Waals surface area contributed by atoms with Crippen LogP contribution in [-0.4, -0.2) is 75.6 Å². The molecule has 8 aromatic carbocycles. The number of rotatable bonds is 13. The number of benzene rings is 8. The maximum atomic E-state index is 11.3. The van der Waals surface area contributed by atoms with Gasteiger partial charge in [0.1, 0.15) is 23.2 Å². The Morgan fingerprint density at radius 2 is 0.830 bits per heavy atom. The molecule has 3 aromatic heterocycles. The van der Waals surface area contributed by atoms with Gasteiger partial charge in [0.25, 0.3) is 5.91 Å². The van der Waals surface area contributed by atoms with E-state index in [2.05, 4.69) is 199 Å². The van der Waals surface area contributed by atoms with Crippen LogP contribution in [0.25, 0.3) is 34.2 Å². The average Bonchev–Trinajstić information content (AvgIpc) is 1.62. The molecule has 1 aliphatic heterocycles. The Morgan fingerprint density at radius 3 is 1.22 bits per heavy atom. The Balaban J connectivity index is 0.000000157. The highest BCUT2D eigenvalue weighted by Crippen LogP contribution is 2.37. The summed E-state index contributed by atoms with van der Waals surface area (Å²) in [7, 11) is -0.372. The standard InChI is InChI=1S/C24H29BN2O2.C18H17ClN2.C18H18N2O.C11H11NO.C8H8O2/c1-17-11-13-19(14-12-17)22-26-15-18(2)27(22)16-20-9-7-8-10-21(20)25-28-23(3,4)24(5,6)29-25;1-13-7-9-15(10-8-13)18-20-11-14(2)21(18)12-16-5-3-4-6-17(16)19;1-13-7-9-15(10-8-13)18-19-11-14(2)20(18)12-16-5-3-4-6-17(16)21;1-3-8-12-11(13)10-6-4-9(2)5-7-10;1-6-2-4-7(5-3-6)8(9)10/h7-15H,16H2,1-6H3;3-11H,12H2,1-2H3;3-11,21H,12H2,1-2H3;1,4-7H,8H2,2H3,(H,12,13);2-5H,1H3,(H,9,10). The van der Waals surface area contributed by atoms with E-state index in [0.29, 0.717) is 23.4 Å². The second kappa shape index (κ2) is 32.0. The lowest BCUT2D eigenvalue weighted by Crippen LogP contribution is -2.41. The molecule has 1 fully saturated rings. The average molecular weight is 1270 g/mol. The first-order valence-corrected chi connectivity index (χ1v) is 31.6. The van der Waals surface area contributed by atoms with Crippen molar-refractivity contribution in [2.75, 3.05) is 6.54 Å². The van der Waals surface area contributed by atoms with Crippen molar-refractivity contribution in [2.45, 2.75) is 114 Å². The Labute approximate surface area is 559 Å². The number of phenols is 1. The number of aryl methyl sites for hydroxylation is 8. The molecule has 13 nitrogen and oxygen atoms in total. The number of nitrogens with one attached hydrogen (secondary N) is 1. The van der Waals surface area contributed by atoms with Crippen molar-refractivity contribution < 1.29 is 29.1 Å².